The van der Waals surface area contributed by atoms with Gasteiger partial charge in [0.05, 0.1) is 0 Å². The van der Waals surface area contributed by atoms with Gasteiger partial charge in [-0.05, 0) is 53.0 Å². The first-order valence-corrected chi connectivity index (χ1v) is 14.8. The fourth-order valence-corrected chi connectivity index (χ4v) is 6.87. The van der Waals surface area contributed by atoms with E-state index in [1.54, 1.807) is 18.2 Å². The lowest BCUT2D eigenvalue weighted by Crippen LogP contribution is -2.44. The van der Waals surface area contributed by atoms with E-state index in [1.807, 2.05) is 42.5 Å². The highest BCUT2D eigenvalue weighted by Gasteiger charge is 2.48. The molecule has 216 valence electrons. The van der Waals surface area contributed by atoms with Crippen molar-refractivity contribution in [3.8, 4) is 5.75 Å². The summed E-state index contributed by atoms with van der Waals surface area (Å²) in [7, 11) is 0. The van der Waals surface area contributed by atoms with Crippen molar-refractivity contribution in [3.05, 3.63) is 124 Å². The molecule has 1 aliphatic heterocycles. The lowest BCUT2D eigenvalue weighted by molar-refractivity contribution is -0.119. The minimum absolute atomic E-state index is 0.119. The van der Waals surface area contributed by atoms with Crippen molar-refractivity contribution in [2.75, 3.05) is 0 Å². The van der Waals surface area contributed by atoms with Crippen LogP contribution in [0.25, 0.3) is 0 Å². The molecule has 0 spiro atoms. The average molecular weight is 564 g/mol. The molecule has 0 radical (unpaired) electrons. The number of ether oxygens (including phenoxy) is 1. The van der Waals surface area contributed by atoms with Gasteiger partial charge in [0.2, 0.25) is 0 Å². The minimum Gasteiger partial charge on any atom is -0.489 e. The molecule has 0 atom stereocenters. The summed E-state index contributed by atoms with van der Waals surface area (Å²) >= 11 is 0. The van der Waals surface area contributed by atoms with Crippen molar-refractivity contribution in [3.63, 3.8) is 0 Å². The molecule has 4 nitrogen and oxygen atoms in total. The van der Waals surface area contributed by atoms with Crippen LogP contribution in [0.5, 0.6) is 5.75 Å². The molecule has 6 rings (SSSR count). The Morgan fingerprint density at radius 1 is 0.738 bits per heavy atom. The first-order chi connectivity index (χ1) is 20.0. The molecule has 3 aromatic carbocycles. The van der Waals surface area contributed by atoms with Crippen molar-refractivity contribution in [1.82, 2.24) is 4.90 Å². The molecule has 3 aromatic rings. The van der Waals surface area contributed by atoms with Gasteiger partial charge < -0.3 is 9.64 Å². The predicted octanol–water partition coefficient (Wildman–Crippen LogP) is 8.29. The Balaban J connectivity index is 1.43. The summed E-state index contributed by atoms with van der Waals surface area (Å²) in [6.07, 6.45) is 2.45. The molecule has 0 amide bonds. The van der Waals surface area contributed by atoms with Crippen LogP contribution in [0.2, 0.25) is 0 Å². The van der Waals surface area contributed by atoms with Gasteiger partial charge >= 0.3 is 0 Å². The van der Waals surface area contributed by atoms with Crippen LogP contribution >= 0.6 is 0 Å². The number of carbonyl (C=O) groups excluding carboxylic acids is 2. The molecular weight excluding hydrogens is 525 g/mol. The molecule has 0 unspecified atom stereocenters. The fraction of sp³-hybridized carbons (Fsp3) is 0.351. The first-order valence-electron chi connectivity index (χ1n) is 14.8. The van der Waals surface area contributed by atoms with E-state index in [-0.39, 0.29) is 34.8 Å². The predicted molar refractivity (Wildman–Crippen MR) is 162 cm³/mol. The Labute approximate surface area is 247 Å². The third-order valence-corrected chi connectivity index (χ3v) is 8.77. The second-order valence-electron chi connectivity index (χ2n) is 13.6. The van der Waals surface area contributed by atoms with Gasteiger partial charge in [-0.15, -0.1) is 0 Å². The molecule has 0 saturated carbocycles. The lowest BCUT2D eigenvalue weighted by Gasteiger charge is -2.49. The van der Waals surface area contributed by atoms with Crippen molar-refractivity contribution in [2.45, 2.75) is 72.4 Å². The molecule has 0 N–H and O–H groups in total. The highest BCUT2D eigenvalue weighted by molar-refractivity contribution is 6.06. The third kappa shape index (κ3) is 5.45. The van der Waals surface area contributed by atoms with Crippen molar-refractivity contribution in [2.24, 2.45) is 10.8 Å². The molecule has 0 aromatic heterocycles. The number of carbonyl (C=O) groups is 2. The van der Waals surface area contributed by atoms with E-state index in [1.165, 1.54) is 6.07 Å². The van der Waals surface area contributed by atoms with Crippen LogP contribution in [-0.4, -0.2) is 16.5 Å². The van der Waals surface area contributed by atoms with Gasteiger partial charge in [-0.3, -0.25) is 9.59 Å². The smallest absolute Gasteiger partial charge is 0.162 e. The van der Waals surface area contributed by atoms with E-state index < -0.39 is 5.92 Å². The topological polar surface area (TPSA) is 46.6 Å². The summed E-state index contributed by atoms with van der Waals surface area (Å²) in [5.41, 5.74) is 5.82. The van der Waals surface area contributed by atoms with Crippen LogP contribution in [0, 0.1) is 16.6 Å². The van der Waals surface area contributed by atoms with Gasteiger partial charge in [0.25, 0.3) is 0 Å². The maximum absolute atomic E-state index is 14.1. The zero-order chi connectivity index (χ0) is 29.6. The van der Waals surface area contributed by atoms with Gasteiger partial charge in [0.15, 0.2) is 11.6 Å². The number of hydrogen-bond donors (Lipinski definition) is 0. The van der Waals surface area contributed by atoms with E-state index in [9.17, 15) is 14.0 Å². The van der Waals surface area contributed by atoms with E-state index in [0.717, 1.165) is 46.5 Å². The molecule has 0 bridgehead atoms. The average Bonchev–Trinajstić information content (AvgIpc) is 2.93. The number of allylic oxidation sites excluding steroid dienone is 4. The van der Waals surface area contributed by atoms with Crippen molar-refractivity contribution >= 4 is 11.6 Å². The molecule has 2 aliphatic carbocycles. The molecule has 3 aliphatic rings. The van der Waals surface area contributed by atoms with Gasteiger partial charge in [-0.2, -0.15) is 0 Å². The number of ketones is 2. The number of benzene rings is 3. The standard InChI is InChI=1S/C37H38FNO3/c1-36(2)18-29-34(31(40)20-36)33(25-14-16-27(17-15-25)42-23-26-12-8-9-13-28(26)38)35-30(19-37(3,4)21-32(35)41)39(29)22-24-10-6-5-7-11-24/h5-17,33H,18-23H2,1-4H3. The number of hydrogen-bond acceptors (Lipinski definition) is 4. The zero-order valence-corrected chi connectivity index (χ0v) is 24.9. The van der Waals surface area contributed by atoms with E-state index >= 15 is 0 Å². The molecule has 0 saturated heterocycles. The SMILES string of the molecule is CC1(C)CC(=O)C2=C(C1)N(Cc1ccccc1)C1=C(C(=O)CC(C)(C)C1)C2c1ccc(OCc2ccccc2F)cc1. The summed E-state index contributed by atoms with van der Waals surface area (Å²) in [4.78, 5) is 30.3. The van der Waals surface area contributed by atoms with Crippen LogP contribution in [-0.2, 0) is 22.7 Å². The van der Waals surface area contributed by atoms with Crippen molar-refractivity contribution in [1.29, 1.82) is 0 Å². The van der Waals surface area contributed by atoms with Crippen LogP contribution in [0.15, 0.2) is 101 Å². The maximum Gasteiger partial charge on any atom is 0.162 e. The highest BCUT2D eigenvalue weighted by Crippen LogP contribution is 2.54. The number of nitrogens with zero attached hydrogens (tertiary/aromatic N) is 1. The Kier molecular flexibility index (Phi) is 7.16. The molecule has 1 heterocycles. The molecule has 42 heavy (non-hydrogen) atoms. The van der Waals surface area contributed by atoms with Gasteiger partial charge in [0.1, 0.15) is 18.2 Å². The van der Waals surface area contributed by atoms with Crippen LogP contribution in [0.4, 0.5) is 4.39 Å². The Hall–Kier alpha value is -3.99. The van der Waals surface area contributed by atoms with Crippen LogP contribution in [0.3, 0.4) is 0 Å². The zero-order valence-electron chi connectivity index (χ0n) is 24.9. The first kappa shape index (κ1) is 28.1. The van der Waals surface area contributed by atoms with E-state index in [2.05, 4.69) is 44.7 Å². The van der Waals surface area contributed by atoms with Gasteiger partial charge in [-0.1, -0.05) is 88.4 Å². The summed E-state index contributed by atoms with van der Waals surface area (Å²) in [5.74, 6) is 0.142. The van der Waals surface area contributed by atoms with E-state index in [0.29, 0.717) is 30.7 Å². The molecular formula is C37H38FNO3. The van der Waals surface area contributed by atoms with Gasteiger partial charge in [0, 0.05) is 53.4 Å². The largest absolute Gasteiger partial charge is 0.489 e. The minimum atomic E-state index is -0.408. The number of Topliss-reactive ketones (excluding diaryl/α,β-unsaturated/α-hetero) is 2. The molecule has 5 heteroatoms. The summed E-state index contributed by atoms with van der Waals surface area (Å²) in [6, 6.07) is 24.5. The Bertz CT molecular complexity index is 1540. The third-order valence-electron chi connectivity index (χ3n) is 8.77. The van der Waals surface area contributed by atoms with Gasteiger partial charge in [-0.25, -0.2) is 4.39 Å². The monoisotopic (exact) mass is 563 g/mol. The summed E-state index contributed by atoms with van der Waals surface area (Å²) in [6.45, 7) is 9.38. The Morgan fingerprint density at radius 2 is 1.29 bits per heavy atom. The quantitative estimate of drug-likeness (QED) is 0.303. The summed E-state index contributed by atoms with van der Waals surface area (Å²) < 4.78 is 20.0. The Morgan fingerprint density at radius 3 is 1.86 bits per heavy atom. The van der Waals surface area contributed by atoms with E-state index in [4.69, 9.17) is 4.74 Å². The number of halogens is 1. The van der Waals surface area contributed by atoms with Crippen LogP contribution < -0.4 is 4.74 Å². The summed E-state index contributed by atoms with van der Waals surface area (Å²) in [5, 5.41) is 0. The molecule has 0 fully saturated rings. The number of rotatable bonds is 6. The fourth-order valence-electron chi connectivity index (χ4n) is 6.87. The second kappa shape index (κ2) is 10.7. The lowest BCUT2D eigenvalue weighted by atomic mass is 9.63. The highest BCUT2D eigenvalue weighted by atomic mass is 19.1. The second-order valence-corrected chi connectivity index (χ2v) is 13.6. The normalized spacial score (nSPS) is 20.0. The van der Waals surface area contributed by atoms with Crippen LogP contribution in [0.1, 0.15) is 76.0 Å². The van der Waals surface area contributed by atoms with Crippen molar-refractivity contribution < 1.29 is 18.7 Å². The maximum atomic E-state index is 14.1.